The number of ether oxygens (including phenoxy) is 1. The maximum absolute atomic E-state index is 12.4. The molecule has 1 N–H and O–H groups in total. The van der Waals surface area contributed by atoms with Crippen LogP contribution in [0.3, 0.4) is 0 Å². The average molecular weight is 365 g/mol. The minimum absolute atomic E-state index is 0.0552. The van der Waals surface area contributed by atoms with Gasteiger partial charge in [0.2, 0.25) is 0 Å². The number of urea groups is 1. The van der Waals surface area contributed by atoms with Gasteiger partial charge < -0.3 is 19.9 Å². The summed E-state index contributed by atoms with van der Waals surface area (Å²) >= 11 is 0. The van der Waals surface area contributed by atoms with Crippen molar-refractivity contribution in [2.24, 2.45) is 0 Å². The highest BCUT2D eigenvalue weighted by molar-refractivity contribution is 5.76. The largest absolute Gasteiger partial charge is 0.497 e. The van der Waals surface area contributed by atoms with Crippen molar-refractivity contribution in [1.82, 2.24) is 10.2 Å². The lowest BCUT2D eigenvalue weighted by Crippen LogP contribution is -2.51. The predicted octanol–water partition coefficient (Wildman–Crippen LogP) is 3.81. The van der Waals surface area contributed by atoms with E-state index in [0.717, 1.165) is 37.5 Å². The molecule has 2 aromatic rings. The van der Waals surface area contributed by atoms with Crippen molar-refractivity contribution in [1.29, 1.82) is 0 Å². The predicted molar refractivity (Wildman–Crippen MR) is 110 cm³/mol. The van der Waals surface area contributed by atoms with Crippen LogP contribution < -0.4 is 15.0 Å². The highest BCUT2D eigenvalue weighted by atomic mass is 16.5. The number of nitrogens with zero attached hydrogens (tertiary/aromatic N) is 2. The van der Waals surface area contributed by atoms with E-state index in [1.54, 1.807) is 13.3 Å². The van der Waals surface area contributed by atoms with Gasteiger partial charge in [0, 0.05) is 38.1 Å². The number of hydrogen-bond donors (Lipinski definition) is 1. The lowest BCUT2D eigenvalue weighted by Gasteiger charge is -2.36. The molecule has 0 bridgehead atoms. The third-order valence-electron chi connectivity index (χ3n) is 5.08. The number of anilines is 1. The van der Waals surface area contributed by atoms with Crippen molar-refractivity contribution in [2.45, 2.75) is 13.8 Å². The number of rotatable bonds is 4. The molecule has 1 saturated heterocycles. The first-order chi connectivity index (χ1) is 13.1. The van der Waals surface area contributed by atoms with Gasteiger partial charge in [-0.05, 0) is 54.8 Å². The summed E-state index contributed by atoms with van der Waals surface area (Å²) in [4.78, 5) is 16.6. The number of carbonyl (C=O) groups is 1. The minimum Gasteiger partial charge on any atom is -0.497 e. The van der Waals surface area contributed by atoms with Crippen LogP contribution in [0, 0.1) is 13.8 Å². The number of amides is 2. The summed E-state index contributed by atoms with van der Waals surface area (Å²) in [7, 11) is 1.64. The standard InChI is InChI=1S/C22H27N3O2/c1-17-5-4-6-21(18(17)2)24-13-15-25(16-14-24)22(26)23-12-11-19-7-9-20(27-3)10-8-19/h4-12H,13-16H2,1-3H3,(H,23,26)/b12-11+. The first-order valence-electron chi connectivity index (χ1n) is 9.25. The van der Waals surface area contributed by atoms with Crippen molar-refractivity contribution in [2.75, 3.05) is 38.2 Å². The Bertz CT molecular complexity index is 807. The summed E-state index contributed by atoms with van der Waals surface area (Å²) < 4.78 is 5.14. The van der Waals surface area contributed by atoms with E-state index in [4.69, 9.17) is 4.74 Å². The molecule has 2 amide bonds. The van der Waals surface area contributed by atoms with Crippen molar-refractivity contribution in [3.05, 3.63) is 65.4 Å². The van der Waals surface area contributed by atoms with Crippen LogP contribution in [0.15, 0.2) is 48.7 Å². The molecule has 0 aliphatic carbocycles. The third-order valence-corrected chi connectivity index (χ3v) is 5.08. The first kappa shape index (κ1) is 18.8. The highest BCUT2D eigenvalue weighted by Gasteiger charge is 2.21. The van der Waals surface area contributed by atoms with E-state index in [1.165, 1.54) is 16.8 Å². The van der Waals surface area contributed by atoms with Crippen LogP contribution >= 0.6 is 0 Å². The van der Waals surface area contributed by atoms with Gasteiger partial charge in [-0.2, -0.15) is 0 Å². The zero-order valence-corrected chi connectivity index (χ0v) is 16.2. The zero-order chi connectivity index (χ0) is 19.2. The van der Waals surface area contributed by atoms with Gasteiger partial charge >= 0.3 is 6.03 Å². The van der Waals surface area contributed by atoms with Crippen LogP contribution in [-0.4, -0.2) is 44.2 Å². The lowest BCUT2D eigenvalue weighted by atomic mass is 10.1. The molecular weight excluding hydrogens is 338 g/mol. The number of methoxy groups -OCH3 is 1. The molecule has 1 fully saturated rings. The van der Waals surface area contributed by atoms with E-state index in [0.29, 0.717) is 0 Å². The van der Waals surface area contributed by atoms with Crippen molar-refractivity contribution in [3.63, 3.8) is 0 Å². The lowest BCUT2D eigenvalue weighted by molar-refractivity contribution is 0.198. The van der Waals surface area contributed by atoms with E-state index in [2.05, 4.69) is 42.3 Å². The molecule has 27 heavy (non-hydrogen) atoms. The Balaban J connectivity index is 1.50. The quantitative estimate of drug-likeness (QED) is 0.896. The monoisotopic (exact) mass is 365 g/mol. The van der Waals surface area contributed by atoms with Gasteiger partial charge in [0.05, 0.1) is 7.11 Å². The van der Waals surface area contributed by atoms with Gasteiger partial charge in [-0.3, -0.25) is 0 Å². The van der Waals surface area contributed by atoms with E-state index < -0.39 is 0 Å². The van der Waals surface area contributed by atoms with Crippen molar-refractivity contribution in [3.8, 4) is 5.75 Å². The molecule has 5 nitrogen and oxygen atoms in total. The molecule has 0 aromatic heterocycles. The number of aryl methyl sites for hydroxylation is 1. The van der Waals surface area contributed by atoms with Crippen LogP contribution in [0.4, 0.5) is 10.5 Å². The van der Waals surface area contributed by atoms with Gasteiger partial charge in [-0.25, -0.2) is 4.79 Å². The summed E-state index contributed by atoms with van der Waals surface area (Å²) in [6, 6.07) is 14.0. The molecule has 1 aliphatic rings. The van der Waals surface area contributed by atoms with Gasteiger partial charge in [-0.15, -0.1) is 0 Å². The number of nitrogens with one attached hydrogen (secondary N) is 1. The first-order valence-corrected chi connectivity index (χ1v) is 9.25. The number of hydrogen-bond acceptors (Lipinski definition) is 3. The molecule has 1 heterocycles. The maximum atomic E-state index is 12.4. The van der Waals surface area contributed by atoms with Gasteiger partial charge in [0.1, 0.15) is 5.75 Å². The van der Waals surface area contributed by atoms with E-state index in [9.17, 15) is 4.79 Å². The normalized spacial score (nSPS) is 14.5. The van der Waals surface area contributed by atoms with Crippen molar-refractivity contribution < 1.29 is 9.53 Å². The van der Waals surface area contributed by atoms with Crippen LogP contribution in [0.5, 0.6) is 5.75 Å². The number of benzene rings is 2. The second kappa shape index (κ2) is 8.62. The fourth-order valence-corrected chi connectivity index (χ4v) is 3.24. The van der Waals surface area contributed by atoms with E-state index in [1.807, 2.05) is 35.2 Å². The third kappa shape index (κ3) is 4.61. The topological polar surface area (TPSA) is 44.8 Å². The second-order valence-corrected chi connectivity index (χ2v) is 6.75. The molecule has 142 valence electrons. The Morgan fingerprint density at radius 1 is 1.04 bits per heavy atom. The molecule has 5 heteroatoms. The molecule has 0 spiro atoms. The summed E-state index contributed by atoms with van der Waals surface area (Å²) in [5.74, 6) is 0.818. The average Bonchev–Trinajstić information content (AvgIpc) is 2.70. The second-order valence-electron chi connectivity index (χ2n) is 6.75. The zero-order valence-electron chi connectivity index (χ0n) is 16.2. The Morgan fingerprint density at radius 3 is 2.41 bits per heavy atom. The molecule has 1 aliphatic heterocycles. The minimum atomic E-state index is -0.0552. The molecule has 0 saturated carbocycles. The number of piperazine rings is 1. The SMILES string of the molecule is COc1ccc(/C=C/NC(=O)N2CCN(c3cccc(C)c3C)CC2)cc1. The van der Waals surface area contributed by atoms with E-state index in [-0.39, 0.29) is 6.03 Å². The summed E-state index contributed by atoms with van der Waals surface area (Å²) in [5, 5.41) is 2.86. The van der Waals surface area contributed by atoms with Crippen LogP contribution in [-0.2, 0) is 0 Å². The maximum Gasteiger partial charge on any atom is 0.321 e. The fourth-order valence-electron chi connectivity index (χ4n) is 3.24. The summed E-state index contributed by atoms with van der Waals surface area (Å²) in [5.41, 5.74) is 4.90. The Kier molecular flexibility index (Phi) is 6.01. The molecular formula is C22H27N3O2. The highest BCUT2D eigenvalue weighted by Crippen LogP contribution is 2.23. The Hall–Kier alpha value is -2.95. The van der Waals surface area contributed by atoms with Crippen LogP contribution in [0.2, 0.25) is 0 Å². The molecule has 2 aromatic carbocycles. The molecule has 3 rings (SSSR count). The van der Waals surface area contributed by atoms with Gasteiger partial charge in [-0.1, -0.05) is 24.3 Å². The Labute approximate surface area is 161 Å². The summed E-state index contributed by atoms with van der Waals surface area (Å²) in [6.45, 7) is 7.43. The van der Waals surface area contributed by atoms with E-state index >= 15 is 0 Å². The smallest absolute Gasteiger partial charge is 0.321 e. The van der Waals surface area contributed by atoms with Gasteiger partial charge in [0.25, 0.3) is 0 Å². The van der Waals surface area contributed by atoms with Crippen LogP contribution in [0.25, 0.3) is 6.08 Å². The van der Waals surface area contributed by atoms with Gasteiger partial charge in [0.15, 0.2) is 0 Å². The number of carbonyl (C=O) groups excluding carboxylic acids is 1. The molecule has 0 radical (unpaired) electrons. The summed E-state index contributed by atoms with van der Waals surface area (Å²) in [6.07, 6.45) is 3.57. The molecule has 0 unspecified atom stereocenters. The molecule has 0 atom stereocenters. The van der Waals surface area contributed by atoms with Crippen LogP contribution in [0.1, 0.15) is 16.7 Å². The fraction of sp³-hybridized carbons (Fsp3) is 0.318. The Morgan fingerprint density at radius 2 is 1.74 bits per heavy atom. The van der Waals surface area contributed by atoms with Crippen molar-refractivity contribution >= 4 is 17.8 Å².